The summed E-state index contributed by atoms with van der Waals surface area (Å²) in [7, 11) is 0. The largest absolute Gasteiger partial charge is 0.507 e. The second-order valence-electron chi connectivity index (χ2n) is 13.0. The molecule has 3 saturated heterocycles. The molecule has 2 aromatic rings. The second-order valence-corrected chi connectivity index (χ2v) is 13.0. The molecular weight excluding hydrogens is 554 g/mol. The monoisotopic (exact) mass is 601 g/mol. The van der Waals surface area contributed by atoms with Crippen molar-refractivity contribution >= 4 is 17.4 Å². The highest BCUT2D eigenvalue weighted by molar-refractivity contribution is 6.46. The van der Waals surface area contributed by atoms with E-state index in [9.17, 15) is 14.7 Å². The van der Waals surface area contributed by atoms with Gasteiger partial charge in [0.25, 0.3) is 11.7 Å². The summed E-state index contributed by atoms with van der Waals surface area (Å²) in [5.41, 5.74) is 2.78. The van der Waals surface area contributed by atoms with Crippen molar-refractivity contribution in [3.05, 3.63) is 70.8 Å². The summed E-state index contributed by atoms with van der Waals surface area (Å²) in [6.07, 6.45) is 6.55. The number of carbonyl (C=O) groups excluding carboxylic acids is 2. The smallest absolute Gasteiger partial charge is 0.295 e. The molecule has 0 spiro atoms. The fraction of sp³-hybridized carbons (Fsp3) is 0.556. The van der Waals surface area contributed by atoms with Crippen molar-refractivity contribution in [2.75, 3.05) is 52.5 Å². The van der Waals surface area contributed by atoms with E-state index in [1.165, 1.54) is 25.7 Å². The summed E-state index contributed by atoms with van der Waals surface area (Å²) in [6.45, 7) is 8.77. The number of aliphatic hydroxyl groups is 1. The minimum Gasteiger partial charge on any atom is -0.507 e. The SMILES string of the molecule is Cc1cc(C(O)=C2C(=O)C(=O)N(CCCN3CCOCC3)C2C2CCNCC2C2CCCC2)ccc1OCc1ccccc1. The van der Waals surface area contributed by atoms with E-state index in [0.717, 1.165) is 75.7 Å². The minimum atomic E-state index is -0.551. The van der Waals surface area contributed by atoms with Crippen molar-refractivity contribution in [2.45, 2.75) is 58.1 Å². The van der Waals surface area contributed by atoms with Crippen LogP contribution >= 0.6 is 0 Å². The van der Waals surface area contributed by atoms with Crippen LogP contribution in [0, 0.1) is 24.7 Å². The van der Waals surface area contributed by atoms with Crippen LogP contribution in [0.1, 0.15) is 55.2 Å². The van der Waals surface area contributed by atoms with E-state index in [2.05, 4.69) is 10.2 Å². The zero-order chi connectivity index (χ0) is 30.5. The number of likely N-dealkylation sites (tertiary alicyclic amines) is 1. The Balaban J connectivity index is 1.29. The second kappa shape index (κ2) is 14.3. The molecule has 0 bridgehead atoms. The molecular formula is C36H47N3O5. The number of Topliss-reactive ketones (excluding diaryl/α,β-unsaturated/α-hetero) is 1. The summed E-state index contributed by atoms with van der Waals surface area (Å²) < 4.78 is 11.6. The fourth-order valence-electron chi connectivity index (χ4n) is 7.93. The molecule has 2 aromatic carbocycles. The molecule has 6 rings (SSSR count). The van der Waals surface area contributed by atoms with Crippen LogP contribution in [0.25, 0.3) is 5.76 Å². The highest BCUT2D eigenvalue weighted by atomic mass is 16.5. The predicted octanol–water partition coefficient (Wildman–Crippen LogP) is 4.76. The molecule has 1 aliphatic carbocycles. The maximum absolute atomic E-state index is 13.8. The Morgan fingerprint density at radius 1 is 1.00 bits per heavy atom. The topological polar surface area (TPSA) is 91.3 Å². The fourth-order valence-corrected chi connectivity index (χ4v) is 7.93. The summed E-state index contributed by atoms with van der Waals surface area (Å²) >= 11 is 0. The standard InChI is InChI=1S/C36H47N3O5/c1-25-22-28(12-13-31(25)44-24-26-8-3-2-4-9-26)34(40)32-33(29-14-15-37-23-30(29)27-10-5-6-11-27)39(36(42)35(32)41)17-7-16-38-18-20-43-21-19-38/h2-4,8-9,12-13,22,27,29-30,33,37,40H,5-7,10-11,14-21,23-24H2,1H3. The van der Waals surface area contributed by atoms with Crippen molar-refractivity contribution in [3.8, 4) is 5.75 Å². The Kier molecular flexibility index (Phi) is 9.99. The summed E-state index contributed by atoms with van der Waals surface area (Å²) in [5.74, 6) is 0.724. The third kappa shape index (κ3) is 6.72. The van der Waals surface area contributed by atoms with Gasteiger partial charge in [-0.25, -0.2) is 0 Å². The molecule has 0 radical (unpaired) electrons. The number of nitrogens with zero attached hydrogens (tertiary/aromatic N) is 2. The van der Waals surface area contributed by atoms with Gasteiger partial charge in [0.1, 0.15) is 18.1 Å². The number of ketones is 1. The zero-order valence-electron chi connectivity index (χ0n) is 26.0. The molecule has 3 heterocycles. The van der Waals surface area contributed by atoms with E-state index >= 15 is 0 Å². The van der Waals surface area contributed by atoms with Gasteiger partial charge in [0.05, 0.1) is 24.8 Å². The van der Waals surface area contributed by atoms with Crippen LogP contribution < -0.4 is 10.1 Å². The highest BCUT2D eigenvalue weighted by Crippen LogP contribution is 2.44. The van der Waals surface area contributed by atoms with E-state index in [-0.39, 0.29) is 17.3 Å². The number of ether oxygens (including phenoxy) is 2. The number of hydrogen-bond donors (Lipinski definition) is 2. The number of aryl methyl sites for hydroxylation is 1. The van der Waals surface area contributed by atoms with Gasteiger partial charge in [0.2, 0.25) is 0 Å². The molecule has 1 amide bonds. The van der Waals surface area contributed by atoms with Crippen molar-refractivity contribution in [2.24, 2.45) is 17.8 Å². The lowest BCUT2D eigenvalue weighted by molar-refractivity contribution is -0.140. The number of hydrogen-bond acceptors (Lipinski definition) is 7. The number of carbonyl (C=O) groups is 2. The molecule has 236 valence electrons. The zero-order valence-corrected chi connectivity index (χ0v) is 26.0. The first-order valence-electron chi connectivity index (χ1n) is 16.6. The van der Waals surface area contributed by atoms with Gasteiger partial charge >= 0.3 is 0 Å². The lowest BCUT2D eigenvalue weighted by Gasteiger charge is -2.42. The van der Waals surface area contributed by atoms with Crippen LogP contribution in [0.2, 0.25) is 0 Å². The van der Waals surface area contributed by atoms with Crippen LogP contribution in [0.5, 0.6) is 5.75 Å². The molecule has 4 aliphatic rings. The predicted molar refractivity (Wildman–Crippen MR) is 170 cm³/mol. The molecule has 3 unspecified atom stereocenters. The van der Waals surface area contributed by atoms with E-state index in [1.54, 1.807) is 0 Å². The van der Waals surface area contributed by atoms with Crippen LogP contribution in [0.4, 0.5) is 0 Å². The Morgan fingerprint density at radius 3 is 2.52 bits per heavy atom. The molecule has 0 aromatic heterocycles. The van der Waals surface area contributed by atoms with Crippen molar-refractivity contribution in [1.82, 2.24) is 15.1 Å². The Morgan fingerprint density at radius 2 is 1.77 bits per heavy atom. The first kappa shape index (κ1) is 30.8. The van der Waals surface area contributed by atoms with Crippen LogP contribution in [-0.2, 0) is 20.9 Å². The first-order valence-corrected chi connectivity index (χ1v) is 16.6. The average molecular weight is 602 g/mol. The van der Waals surface area contributed by atoms with Gasteiger partial charge < -0.3 is 24.8 Å². The summed E-state index contributed by atoms with van der Waals surface area (Å²) in [6, 6.07) is 15.1. The molecule has 8 nitrogen and oxygen atoms in total. The maximum Gasteiger partial charge on any atom is 0.295 e. The molecule has 3 atom stereocenters. The van der Waals surface area contributed by atoms with Gasteiger partial charge in [-0.2, -0.15) is 0 Å². The number of benzene rings is 2. The molecule has 4 fully saturated rings. The third-order valence-electron chi connectivity index (χ3n) is 10.2. The maximum atomic E-state index is 13.8. The van der Waals surface area contributed by atoms with Crippen molar-refractivity contribution < 1.29 is 24.2 Å². The molecule has 2 N–H and O–H groups in total. The van der Waals surface area contributed by atoms with Crippen LogP contribution in [0.3, 0.4) is 0 Å². The van der Waals surface area contributed by atoms with Gasteiger partial charge in [0, 0.05) is 31.7 Å². The Hall–Kier alpha value is -3.20. The Bertz CT molecular complexity index is 1330. The first-order chi connectivity index (χ1) is 21.5. The van der Waals surface area contributed by atoms with E-state index in [0.29, 0.717) is 30.6 Å². The number of nitrogens with one attached hydrogen (secondary N) is 1. The van der Waals surface area contributed by atoms with Gasteiger partial charge in [-0.05, 0) is 79.9 Å². The summed E-state index contributed by atoms with van der Waals surface area (Å²) in [4.78, 5) is 31.7. The van der Waals surface area contributed by atoms with Crippen LogP contribution in [-0.4, -0.2) is 85.1 Å². The highest BCUT2D eigenvalue weighted by Gasteiger charge is 2.51. The number of aliphatic hydroxyl groups excluding tert-OH is 1. The molecule has 8 heteroatoms. The van der Waals surface area contributed by atoms with E-state index in [4.69, 9.17) is 9.47 Å². The normalized spacial score (nSPS) is 26.4. The van der Waals surface area contributed by atoms with E-state index < -0.39 is 17.7 Å². The van der Waals surface area contributed by atoms with Gasteiger partial charge in [-0.3, -0.25) is 14.5 Å². The molecule has 1 saturated carbocycles. The number of rotatable bonds is 10. The molecule has 3 aliphatic heterocycles. The number of morpholine rings is 1. The van der Waals surface area contributed by atoms with Gasteiger partial charge in [0.15, 0.2) is 0 Å². The quantitative estimate of drug-likeness (QED) is 0.231. The lowest BCUT2D eigenvalue weighted by Crippen LogP contribution is -2.50. The number of amides is 1. The summed E-state index contributed by atoms with van der Waals surface area (Å²) in [5, 5.41) is 15.4. The van der Waals surface area contributed by atoms with Crippen LogP contribution in [0.15, 0.2) is 54.1 Å². The number of piperidine rings is 1. The van der Waals surface area contributed by atoms with Gasteiger partial charge in [-0.1, -0.05) is 56.0 Å². The lowest BCUT2D eigenvalue weighted by atomic mass is 9.71. The van der Waals surface area contributed by atoms with E-state index in [1.807, 2.05) is 60.4 Å². The Labute approximate surface area is 261 Å². The van der Waals surface area contributed by atoms with Crippen molar-refractivity contribution in [1.29, 1.82) is 0 Å². The third-order valence-corrected chi connectivity index (χ3v) is 10.2. The molecule has 44 heavy (non-hydrogen) atoms. The minimum absolute atomic E-state index is 0.0644. The van der Waals surface area contributed by atoms with Crippen molar-refractivity contribution in [3.63, 3.8) is 0 Å². The van der Waals surface area contributed by atoms with Gasteiger partial charge in [-0.15, -0.1) is 0 Å². The average Bonchev–Trinajstić information content (AvgIpc) is 3.68.